The van der Waals surface area contributed by atoms with Crippen LogP contribution in [0.3, 0.4) is 0 Å². The van der Waals surface area contributed by atoms with Gasteiger partial charge in [0, 0.05) is 12.6 Å². The molecule has 0 aliphatic rings. The molecule has 0 aromatic rings. The van der Waals surface area contributed by atoms with Crippen LogP contribution in [0.5, 0.6) is 0 Å². The van der Waals surface area contributed by atoms with Gasteiger partial charge in [0.1, 0.15) is 0 Å². The summed E-state index contributed by atoms with van der Waals surface area (Å²) in [4.78, 5) is 1.71. The molecular weight excluding hydrogens is 219 g/mol. The van der Waals surface area contributed by atoms with E-state index in [-0.39, 0.29) is 12.6 Å². The fourth-order valence-corrected chi connectivity index (χ4v) is 1.44. The van der Waals surface area contributed by atoms with E-state index < -0.39 is 12.3 Å². The lowest BCUT2D eigenvalue weighted by atomic mass is 10.1. The van der Waals surface area contributed by atoms with Gasteiger partial charge in [-0.2, -0.15) is 13.2 Å². The van der Waals surface area contributed by atoms with Gasteiger partial charge in [0.25, 0.3) is 0 Å². The highest BCUT2D eigenvalue weighted by molar-refractivity contribution is 4.74. The van der Waals surface area contributed by atoms with Crippen molar-refractivity contribution < 1.29 is 18.3 Å². The fraction of sp³-hybridized carbons (Fsp3) is 1.00. The number of halogens is 3. The van der Waals surface area contributed by atoms with Crippen molar-refractivity contribution in [1.82, 2.24) is 4.90 Å². The molecule has 0 fully saturated rings. The maximum Gasteiger partial charge on any atom is 0.415 e. The minimum Gasteiger partial charge on any atom is -0.382 e. The fourth-order valence-electron chi connectivity index (χ4n) is 1.44. The predicted octanol–water partition coefficient (Wildman–Crippen LogP) is 2.81. The second-order valence-corrected chi connectivity index (χ2v) is 4.16. The molecule has 0 aromatic heterocycles. The van der Waals surface area contributed by atoms with Crippen LogP contribution >= 0.6 is 0 Å². The molecule has 0 amide bonds. The van der Waals surface area contributed by atoms with E-state index in [2.05, 4.69) is 0 Å². The molecule has 0 saturated heterocycles. The van der Waals surface area contributed by atoms with Crippen LogP contribution in [0, 0.1) is 0 Å². The molecule has 2 nitrogen and oxygen atoms in total. The minimum absolute atomic E-state index is 0.0727. The Kier molecular flexibility index (Phi) is 6.99. The van der Waals surface area contributed by atoms with E-state index >= 15 is 0 Å². The molecule has 0 aromatic carbocycles. The lowest BCUT2D eigenvalue weighted by Crippen LogP contribution is -2.44. The number of hydrogen-bond donors (Lipinski definition) is 1. The first kappa shape index (κ1) is 15.7. The molecule has 0 aliphatic carbocycles. The lowest BCUT2D eigenvalue weighted by molar-refractivity contribution is -0.209. The molecule has 0 spiro atoms. The van der Waals surface area contributed by atoms with E-state index in [4.69, 9.17) is 5.11 Å². The number of rotatable bonds is 7. The van der Waals surface area contributed by atoms with Gasteiger partial charge in [-0.3, -0.25) is 4.90 Å². The first-order valence-corrected chi connectivity index (χ1v) is 5.81. The van der Waals surface area contributed by atoms with Crippen LogP contribution in [0.15, 0.2) is 0 Å². The third-order valence-electron chi connectivity index (χ3n) is 2.80. The highest BCUT2D eigenvalue weighted by Gasteiger charge is 2.39. The third kappa shape index (κ3) is 5.70. The molecule has 2 unspecified atom stereocenters. The Labute approximate surface area is 95.4 Å². The van der Waals surface area contributed by atoms with Crippen molar-refractivity contribution in [2.45, 2.75) is 58.4 Å². The van der Waals surface area contributed by atoms with Crippen molar-refractivity contribution in [3.63, 3.8) is 0 Å². The van der Waals surface area contributed by atoms with Crippen LogP contribution in [-0.2, 0) is 0 Å². The Hall–Kier alpha value is -0.290. The second kappa shape index (κ2) is 7.12. The summed E-state index contributed by atoms with van der Waals surface area (Å²) in [5, 5.41) is 9.03. The molecule has 0 radical (unpaired) electrons. The zero-order valence-corrected chi connectivity index (χ0v) is 10.2. The standard InChI is InChI=1S/C11H22F3NO/c1-4-6-7-15(9(3)5-2)8-10(16)11(12,13)14/h9-10,16H,4-8H2,1-3H3. The largest absolute Gasteiger partial charge is 0.415 e. The van der Waals surface area contributed by atoms with E-state index in [0.717, 1.165) is 19.3 Å². The van der Waals surface area contributed by atoms with Crippen LogP contribution in [0.25, 0.3) is 0 Å². The van der Waals surface area contributed by atoms with Crippen molar-refractivity contribution in [2.75, 3.05) is 13.1 Å². The van der Waals surface area contributed by atoms with Gasteiger partial charge in [-0.1, -0.05) is 20.3 Å². The molecule has 2 atom stereocenters. The molecule has 16 heavy (non-hydrogen) atoms. The Morgan fingerprint density at radius 3 is 2.19 bits per heavy atom. The summed E-state index contributed by atoms with van der Waals surface area (Å²) in [5.74, 6) is 0. The van der Waals surface area contributed by atoms with E-state index in [1.807, 2.05) is 20.8 Å². The summed E-state index contributed by atoms with van der Waals surface area (Å²) in [6.07, 6.45) is -4.17. The summed E-state index contributed by atoms with van der Waals surface area (Å²) in [5.41, 5.74) is 0. The summed E-state index contributed by atoms with van der Waals surface area (Å²) in [6.45, 7) is 6.11. The summed E-state index contributed by atoms with van der Waals surface area (Å²) in [6, 6.07) is 0.0727. The van der Waals surface area contributed by atoms with Crippen molar-refractivity contribution in [2.24, 2.45) is 0 Å². The van der Waals surface area contributed by atoms with Crippen LogP contribution in [0.2, 0.25) is 0 Å². The van der Waals surface area contributed by atoms with Crippen LogP contribution in [-0.4, -0.2) is 41.4 Å². The van der Waals surface area contributed by atoms with Gasteiger partial charge in [-0.15, -0.1) is 0 Å². The molecule has 98 valence electrons. The van der Waals surface area contributed by atoms with Gasteiger partial charge in [0.2, 0.25) is 0 Å². The second-order valence-electron chi connectivity index (χ2n) is 4.16. The molecule has 0 saturated carbocycles. The summed E-state index contributed by atoms with van der Waals surface area (Å²) < 4.78 is 36.7. The van der Waals surface area contributed by atoms with E-state index in [9.17, 15) is 13.2 Å². The number of aliphatic hydroxyl groups is 1. The number of alkyl halides is 3. The molecular formula is C11H22F3NO. The molecule has 1 N–H and O–H groups in total. The highest BCUT2D eigenvalue weighted by atomic mass is 19.4. The van der Waals surface area contributed by atoms with Crippen molar-refractivity contribution in [3.05, 3.63) is 0 Å². The van der Waals surface area contributed by atoms with Crippen LogP contribution < -0.4 is 0 Å². The zero-order chi connectivity index (χ0) is 12.8. The zero-order valence-electron chi connectivity index (χ0n) is 10.2. The molecule has 0 rings (SSSR count). The van der Waals surface area contributed by atoms with Gasteiger partial charge >= 0.3 is 6.18 Å². The Balaban J connectivity index is 4.30. The lowest BCUT2D eigenvalue weighted by Gasteiger charge is -2.30. The Morgan fingerprint density at radius 2 is 1.81 bits per heavy atom. The smallest absolute Gasteiger partial charge is 0.382 e. The Bertz CT molecular complexity index is 185. The molecule has 0 aliphatic heterocycles. The number of aliphatic hydroxyl groups excluding tert-OH is 1. The van der Waals surface area contributed by atoms with Gasteiger partial charge in [0.05, 0.1) is 0 Å². The maximum absolute atomic E-state index is 12.2. The van der Waals surface area contributed by atoms with Crippen molar-refractivity contribution >= 4 is 0 Å². The first-order valence-electron chi connectivity index (χ1n) is 5.81. The number of unbranched alkanes of at least 4 members (excludes halogenated alkanes) is 1. The van der Waals surface area contributed by atoms with Gasteiger partial charge in [0.15, 0.2) is 6.10 Å². The molecule has 5 heteroatoms. The minimum atomic E-state index is -4.52. The maximum atomic E-state index is 12.2. The topological polar surface area (TPSA) is 23.5 Å². The van der Waals surface area contributed by atoms with Crippen molar-refractivity contribution in [1.29, 1.82) is 0 Å². The van der Waals surface area contributed by atoms with Gasteiger partial charge in [-0.25, -0.2) is 0 Å². The quantitative estimate of drug-likeness (QED) is 0.741. The summed E-state index contributed by atoms with van der Waals surface area (Å²) >= 11 is 0. The van der Waals surface area contributed by atoms with Crippen molar-refractivity contribution in [3.8, 4) is 0 Å². The Morgan fingerprint density at radius 1 is 1.25 bits per heavy atom. The predicted molar refractivity (Wildman–Crippen MR) is 58.3 cm³/mol. The molecule has 0 heterocycles. The van der Waals surface area contributed by atoms with Crippen LogP contribution in [0.1, 0.15) is 40.0 Å². The monoisotopic (exact) mass is 241 g/mol. The van der Waals surface area contributed by atoms with Gasteiger partial charge < -0.3 is 5.11 Å². The van der Waals surface area contributed by atoms with Gasteiger partial charge in [-0.05, 0) is 26.3 Å². The summed E-state index contributed by atoms with van der Waals surface area (Å²) in [7, 11) is 0. The first-order chi connectivity index (χ1) is 7.32. The number of nitrogens with zero attached hydrogens (tertiary/aromatic N) is 1. The van der Waals surface area contributed by atoms with E-state index in [1.165, 1.54) is 0 Å². The highest BCUT2D eigenvalue weighted by Crippen LogP contribution is 2.21. The molecule has 0 bridgehead atoms. The van der Waals surface area contributed by atoms with E-state index in [0.29, 0.717) is 6.54 Å². The third-order valence-corrected chi connectivity index (χ3v) is 2.80. The normalized spacial score (nSPS) is 16.5. The number of hydrogen-bond acceptors (Lipinski definition) is 2. The average Bonchev–Trinajstić information content (AvgIpc) is 2.21. The SMILES string of the molecule is CCCCN(CC(O)C(F)(F)F)C(C)CC. The van der Waals surface area contributed by atoms with E-state index in [1.54, 1.807) is 4.90 Å². The average molecular weight is 241 g/mol. The van der Waals surface area contributed by atoms with Crippen LogP contribution in [0.4, 0.5) is 13.2 Å².